The third-order valence-corrected chi connectivity index (χ3v) is 6.55. The maximum Gasteiger partial charge on any atom is 0.148 e. The largest absolute Gasteiger partial charge is 0.489 e. The van der Waals surface area contributed by atoms with Crippen LogP contribution in [-0.4, -0.2) is 9.55 Å². The first-order chi connectivity index (χ1) is 17.5. The van der Waals surface area contributed by atoms with Crippen molar-refractivity contribution < 1.29 is 13.9 Å². The van der Waals surface area contributed by atoms with E-state index in [-0.39, 0.29) is 6.61 Å². The van der Waals surface area contributed by atoms with Gasteiger partial charge in [-0.05, 0) is 61.6 Å². The number of rotatable bonds is 7. The van der Waals surface area contributed by atoms with Crippen molar-refractivity contribution in [2.75, 3.05) is 5.73 Å². The topological polar surface area (TPSA) is 86.1 Å². The molecule has 2 aromatic carbocycles. The van der Waals surface area contributed by atoms with Gasteiger partial charge in [-0.25, -0.2) is 4.39 Å². The van der Waals surface area contributed by atoms with E-state index in [0.717, 1.165) is 35.3 Å². The molecule has 0 atom stereocenters. The Morgan fingerprint density at radius 1 is 1.06 bits per heavy atom. The summed E-state index contributed by atoms with van der Waals surface area (Å²) in [5, 5.41) is 9.72. The lowest BCUT2D eigenvalue weighted by molar-refractivity contribution is 0.302. The second-order valence-corrected chi connectivity index (χ2v) is 9.13. The molecule has 1 saturated carbocycles. The Kier molecular flexibility index (Phi) is 6.59. The van der Waals surface area contributed by atoms with Gasteiger partial charge in [0, 0.05) is 47.5 Å². The Labute approximate surface area is 209 Å². The molecule has 5 rings (SSSR count). The Morgan fingerprint density at radius 3 is 2.50 bits per heavy atom. The molecule has 0 spiro atoms. The molecule has 0 amide bonds. The van der Waals surface area contributed by atoms with E-state index in [1.807, 2.05) is 42.0 Å². The van der Waals surface area contributed by atoms with E-state index in [4.69, 9.17) is 15.2 Å². The average molecular weight is 483 g/mol. The number of aryl methyl sites for hydroxylation is 1. The van der Waals surface area contributed by atoms with Crippen molar-refractivity contribution in [1.29, 1.82) is 5.26 Å². The molecule has 0 bridgehead atoms. The minimum atomic E-state index is -0.456. The first-order valence-corrected chi connectivity index (χ1v) is 12.0. The standard InChI is InChI=1S/C29H27FN4O2/c1-19-6-7-20(16-33-19)18-35-25-12-22(30)13-26(14-25)36-24-10-8-23(9-11-24)34-17-27(21-4-2-3-5-21)29(32)28(34)15-31/h6-14,16-17,21H,2-5,18,32H2,1H3. The summed E-state index contributed by atoms with van der Waals surface area (Å²) in [4.78, 5) is 4.24. The molecule has 0 aliphatic heterocycles. The lowest BCUT2D eigenvalue weighted by Crippen LogP contribution is -1.98. The van der Waals surface area contributed by atoms with Gasteiger partial charge in [0.25, 0.3) is 0 Å². The number of nitrogen functional groups attached to an aromatic ring is 1. The summed E-state index contributed by atoms with van der Waals surface area (Å²) in [5.41, 5.74) is 11.0. The van der Waals surface area contributed by atoms with E-state index in [1.54, 1.807) is 24.4 Å². The van der Waals surface area contributed by atoms with Crippen LogP contribution in [0.15, 0.2) is 67.0 Å². The van der Waals surface area contributed by atoms with E-state index in [2.05, 4.69) is 11.1 Å². The van der Waals surface area contributed by atoms with Crippen molar-refractivity contribution in [3.8, 4) is 29.0 Å². The van der Waals surface area contributed by atoms with Crippen LogP contribution in [0.3, 0.4) is 0 Å². The fourth-order valence-electron chi connectivity index (χ4n) is 4.66. The predicted molar refractivity (Wildman–Crippen MR) is 136 cm³/mol. The molecule has 0 radical (unpaired) electrons. The van der Waals surface area contributed by atoms with E-state index in [0.29, 0.717) is 34.5 Å². The molecule has 7 heteroatoms. The number of pyridine rings is 1. The summed E-state index contributed by atoms with van der Waals surface area (Å²) in [7, 11) is 0. The maximum absolute atomic E-state index is 14.2. The van der Waals surface area contributed by atoms with Crippen molar-refractivity contribution in [3.63, 3.8) is 0 Å². The monoisotopic (exact) mass is 482 g/mol. The number of anilines is 1. The Morgan fingerprint density at radius 2 is 1.81 bits per heavy atom. The van der Waals surface area contributed by atoms with Crippen LogP contribution in [0.2, 0.25) is 0 Å². The maximum atomic E-state index is 14.2. The van der Waals surface area contributed by atoms with Gasteiger partial charge >= 0.3 is 0 Å². The number of benzene rings is 2. The molecular formula is C29H27FN4O2. The van der Waals surface area contributed by atoms with Crippen LogP contribution >= 0.6 is 0 Å². The van der Waals surface area contributed by atoms with Gasteiger partial charge < -0.3 is 19.8 Å². The number of hydrogen-bond acceptors (Lipinski definition) is 5. The fraction of sp³-hybridized carbons (Fsp3) is 0.241. The molecule has 4 aromatic rings. The van der Waals surface area contributed by atoms with E-state index < -0.39 is 5.82 Å². The summed E-state index contributed by atoms with van der Waals surface area (Å²) in [5.74, 6) is 1.18. The molecule has 2 heterocycles. The molecule has 1 aliphatic carbocycles. The van der Waals surface area contributed by atoms with Gasteiger partial charge in [0.05, 0.1) is 5.69 Å². The van der Waals surface area contributed by atoms with Crippen molar-refractivity contribution in [3.05, 3.63) is 95.3 Å². The molecule has 6 nitrogen and oxygen atoms in total. The average Bonchev–Trinajstić information content (AvgIpc) is 3.51. The van der Waals surface area contributed by atoms with Gasteiger partial charge in [-0.15, -0.1) is 0 Å². The summed E-state index contributed by atoms with van der Waals surface area (Å²) >= 11 is 0. The highest BCUT2D eigenvalue weighted by Gasteiger charge is 2.24. The van der Waals surface area contributed by atoms with E-state index in [9.17, 15) is 9.65 Å². The van der Waals surface area contributed by atoms with Crippen LogP contribution < -0.4 is 15.2 Å². The molecule has 36 heavy (non-hydrogen) atoms. The molecule has 182 valence electrons. The second kappa shape index (κ2) is 10.1. The third kappa shape index (κ3) is 5.03. The second-order valence-electron chi connectivity index (χ2n) is 9.13. The predicted octanol–water partition coefficient (Wildman–Crippen LogP) is 6.80. The van der Waals surface area contributed by atoms with Gasteiger partial charge in [0.15, 0.2) is 0 Å². The smallest absolute Gasteiger partial charge is 0.148 e. The van der Waals surface area contributed by atoms with Gasteiger partial charge in [0.2, 0.25) is 0 Å². The summed E-state index contributed by atoms with van der Waals surface area (Å²) in [6.07, 6.45) is 8.32. The number of ether oxygens (including phenoxy) is 2. The Hall–Kier alpha value is -4.31. The van der Waals surface area contributed by atoms with Crippen molar-refractivity contribution in [1.82, 2.24) is 9.55 Å². The zero-order chi connectivity index (χ0) is 25.1. The van der Waals surface area contributed by atoms with Crippen LogP contribution in [0.1, 0.15) is 54.1 Å². The molecule has 0 unspecified atom stereocenters. The number of nitrogens with zero attached hydrogens (tertiary/aromatic N) is 3. The van der Waals surface area contributed by atoms with Gasteiger partial charge in [-0.1, -0.05) is 18.9 Å². The minimum absolute atomic E-state index is 0.273. The quantitative estimate of drug-likeness (QED) is 0.313. The van der Waals surface area contributed by atoms with Crippen LogP contribution in [0.5, 0.6) is 17.2 Å². The van der Waals surface area contributed by atoms with Crippen molar-refractivity contribution >= 4 is 5.69 Å². The van der Waals surface area contributed by atoms with E-state index >= 15 is 0 Å². The lowest BCUT2D eigenvalue weighted by Gasteiger charge is -2.11. The highest BCUT2D eigenvalue weighted by molar-refractivity contribution is 5.62. The molecule has 1 fully saturated rings. The SMILES string of the molecule is Cc1ccc(COc2cc(F)cc(Oc3ccc(-n4cc(C5CCCC5)c(N)c4C#N)cc3)c2)cn1. The normalized spacial score (nSPS) is 13.5. The summed E-state index contributed by atoms with van der Waals surface area (Å²) in [6, 6.07) is 17.6. The number of nitriles is 1. The van der Waals surface area contributed by atoms with Crippen LogP contribution in [0, 0.1) is 24.1 Å². The number of hydrogen-bond donors (Lipinski definition) is 1. The molecule has 1 aliphatic rings. The highest BCUT2D eigenvalue weighted by Crippen LogP contribution is 2.39. The number of aromatic nitrogens is 2. The minimum Gasteiger partial charge on any atom is -0.489 e. The first-order valence-electron chi connectivity index (χ1n) is 12.0. The zero-order valence-electron chi connectivity index (χ0n) is 20.1. The molecule has 2 N–H and O–H groups in total. The first kappa shape index (κ1) is 23.4. The Bertz CT molecular complexity index is 1400. The molecule has 0 saturated heterocycles. The molecular weight excluding hydrogens is 455 g/mol. The lowest BCUT2D eigenvalue weighted by atomic mass is 9.99. The number of halogens is 1. The van der Waals surface area contributed by atoms with E-state index in [1.165, 1.54) is 25.0 Å². The Balaban J connectivity index is 1.31. The zero-order valence-corrected chi connectivity index (χ0v) is 20.1. The third-order valence-electron chi connectivity index (χ3n) is 6.55. The molecule has 2 aromatic heterocycles. The van der Waals surface area contributed by atoms with Gasteiger partial charge in [-0.3, -0.25) is 4.98 Å². The van der Waals surface area contributed by atoms with Gasteiger partial charge in [-0.2, -0.15) is 5.26 Å². The van der Waals surface area contributed by atoms with Crippen molar-refractivity contribution in [2.45, 2.75) is 45.1 Å². The number of nitrogens with two attached hydrogens (primary N) is 1. The van der Waals surface area contributed by atoms with Crippen LogP contribution in [-0.2, 0) is 6.61 Å². The van der Waals surface area contributed by atoms with Crippen LogP contribution in [0.25, 0.3) is 5.69 Å². The summed E-state index contributed by atoms with van der Waals surface area (Å²) < 4.78 is 27.7. The highest BCUT2D eigenvalue weighted by atomic mass is 19.1. The van der Waals surface area contributed by atoms with Crippen molar-refractivity contribution in [2.24, 2.45) is 0 Å². The van der Waals surface area contributed by atoms with Gasteiger partial charge in [0.1, 0.15) is 41.4 Å². The summed E-state index contributed by atoms with van der Waals surface area (Å²) in [6.45, 7) is 2.19. The fourth-order valence-corrected chi connectivity index (χ4v) is 4.66. The van der Waals surface area contributed by atoms with Crippen LogP contribution in [0.4, 0.5) is 10.1 Å².